The Morgan fingerprint density at radius 2 is 1.97 bits per heavy atom. The van der Waals surface area contributed by atoms with Gasteiger partial charge in [-0.3, -0.25) is 4.79 Å². The van der Waals surface area contributed by atoms with Gasteiger partial charge in [-0.05, 0) is 30.3 Å². The van der Waals surface area contributed by atoms with Crippen molar-refractivity contribution >= 4 is 23.2 Å². The molecule has 152 valence electrons. The van der Waals surface area contributed by atoms with E-state index < -0.39 is 23.3 Å². The van der Waals surface area contributed by atoms with E-state index in [-0.39, 0.29) is 37.8 Å². The molecule has 0 saturated carbocycles. The van der Waals surface area contributed by atoms with E-state index in [0.717, 1.165) is 12.1 Å². The molecule has 1 fully saturated rings. The van der Waals surface area contributed by atoms with E-state index in [0.29, 0.717) is 10.6 Å². The smallest absolute Gasteiger partial charge is 0.394 e. The summed E-state index contributed by atoms with van der Waals surface area (Å²) < 4.78 is 39.8. The molecule has 1 aliphatic rings. The molecule has 9 heteroatoms. The molecule has 0 spiro atoms. The minimum absolute atomic E-state index is 0.127. The standard InChI is InChI=1S/C20H17ClF3N3O2/c21-18-4-2-1-3-16(18)19(29)26-7-8-27(15(11-26)12-28)14-6-5-13(10-25)17(9-14)20(22,23)24/h1-6,9,15,28H,7-8,11-12H2. The number of carbonyl (C=O) groups is 1. The Kier molecular flexibility index (Phi) is 6.01. The lowest BCUT2D eigenvalue weighted by Gasteiger charge is -2.42. The van der Waals surface area contributed by atoms with Crippen molar-refractivity contribution in [3.63, 3.8) is 0 Å². The van der Waals surface area contributed by atoms with Crippen LogP contribution >= 0.6 is 11.6 Å². The third kappa shape index (κ3) is 4.31. The first-order chi connectivity index (χ1) is 13.8. The zero-order valence-electron chi connectivity index (χ0n) is 15.2. The lowest BCUT2D eigenvalue weighted by atomic mass is 10.0. The zero-order chi connectivity index (χ0) is 21.2. The van der Waals surface area contributed by atoms with Crippen LogP contribution in [-0.4, -0.2) is 48.2 Å². The fourth-order valence-electron chi connectivity index (χ4n) is 3.38. The summed E-state index contributed by atoms with van der Waals surface area (Å²) in [6.45, 7) is 0.252. The van der Waals surface area contributed by atoms with Gasteiger partial charge in [0.1, 0.15) is 0 Å². The summed E-state index contributed by atoms with van der Waals surface area (Å²) >= 11 is 6.08. The van der Waals surface area contributed by atoms with Crippen LogP contribution in [-0.2, 0) is 6.18 Å². The van der Waals surface area contributed by atoms with Gasteiger partial charge in [-0.25, -0.2) is 0 Å². The molecular formula is C20H17ClF3N3O2. The van der Waals surface area contributed by atoms with Gasteiger partial charge in [-0.15, -0.1) is 0 Å². The van der Waals surface area contributed by atoms with E-state index in [1.807, 2.05) is 0 Å². The zero-order valence-corrected chi connectivity index (χ0v) is 15.9. The molecule has 1 aliphatic heterocycles. The Hall–Kier alpha value is -2.76. The molecule has 3 rings (SSSR count). The van der Waals surface area contributed by atoms with Crippen LogP contribution in [0.4, 0.5) is 18.9 Å². The van der Waals surface area contributed by atoms with Crippen molar-refractivity contribution in [2.45, 2.75) is 12.2 Å². The fraction of sp³-hybridized carbons (Fsp3) is 0.300. The molecule has 1 N–H and O–H groups in total. The summed E-state index contributed by atoms with van der Waals surface area (Å²) in [5.74, 6) is -0.301. The van der Waals surface area contributed by atoms with E-state index in [1.165, 1.54) is 11.0 Å². The predicted octanol–water partition coefficient (Wildman–Crippen LogP) is 3.55. The highest BCUT2D eigenvalue weighted by Gasteiger charge is 2.36. The number of amides is 1. The molecule has 2 aromatic rings. The lowest BCUT2D eigenvalue weighted by Crippen LogP contribution is -2.56. The quantitative estimate of drug-likeness (QED) is 0.819. The molecule has 1 unspecified atom stereocenters. The van der Waals surface area contributed by atoms with Crippen LogP contribution in [0.1, 0.15) is 21.5 Å². The Bertz CT molecular complexity index is 959. The summed E-state index contributed by atoms with van der Waals surface area (Å²) in [6, 6.07) is 11.0. The van der Waals surface area contributed by atoms with Crippen molar-refractivity contribution in [3.8, 4) is 6.07 Å². The second-order valence-corrected chi connectivity index (χ2v) is 7.01. The Labute approximate surface area is 170 Å². The van der Waals surface area contributed by atoms with Gasteiger partial charge in [0.15, 0.2) is 0 Å². The molecule has 1 atom stereocenters. The fourth-order valence-corrected chi connectivity index (χ4v) is 3.60. The van der Waals surface area contributed by atoms with E-state index in [1.54, 1.807) is 35.2 Å². The first-order valence-corrected chi connectivity index (χ1v) is 9.16. The summed E-state index contributed by atoms with van der Waals surface area (Å²) in [6.07, 6.45) is -4.67. The molecular weight excluding hydrogens is 407 g/mol. The first-order valence-electron chi connectivity index (χ1n) is 8.79. The largest absolute Gasteiger partial charge is 0.417 e. The van der Waals surface area contributed by atoms with E-state index in [4.69, 9.17) is 16.9 Å². The van der Waals surface area contributed by atoms with Gasteiger partial charge >= 0.3 is 6.18 Å². The number of piperazine rings is 1. The van der Waals surface area contributed by atoms with Gasteiger partial charge in [0.05, 0.1) is 40.4 Å². The molecule has 29 heavy (non-hydrogen) atoms. The van der Waals surface area contributed by atoms with Crippen LogP contribution in [0.5, 0.6) is 0 Å². The van der Waals surface area contributed by atoms with Crippen LogP contribution in [0.15, 0.2) is 42.5 Å². The van der Waals surface area contributed by atoms with E-state index in [2.05, 4.69) is 0 Å². The average Bonchev–Trinajstić information content (AvgIpc) is 2.72. The molecule has 0 radical (unpaired) electrons. The van der Waals surface area contributed by atoms with Crippen molar-refractivity contribution in [1.82, 2.24) is 4.90 Å². The second kappa shape index (κ2) is 8.31. The Morgan fingerprint density at radius 3 is 2.59 bits per heavy atom. The number of nitriles is 1. The van der Waals surface area contributed by atoms with Gasteiger partial charge in [0.25, 0.3) is 5.91 Å². The number of carbonyl (C=O) groups excluding carboxylic acids is 1. The highest BCUT2D eigenvalue weighted by Crippen LogP contribution is 2.35. The highest BCUT2D eigenvalue weighted by molar-refractivity contribution is 6.33. The molecule has 1 amide bonds. The number of aliphatic hydroxyl groups excluding tert-OH is 1. The number of hydrogen-bond acceptors (Lipinski definition) is 4. The van der Waals surface area contributed by atoms with E-state index >= 15 is 0 Å². The van der Waals surface area contributed by atoms with Gasteiger partial charge in [0, 0.05) is 25.3 Å². The van der Waals surface area contributed by atoms with Crippen molar-refractivity contribution in [3.05, 3.63) is 64.2 Å². The molecule has 0 aliphatic carbocycles. The van der Waals surface area contributed by atoms with Crippen LogP contribution in [0.25, 0.3) is 0 Å². The van der Waals surface area contributed by atoms with Gasteiger partial charge in [-0.1, -0.05) is 23.7 Å². The maximum absolute atomic E-state index is 13.3. The number of hydrogen-bond donors (Lipinski definition) is 1. The summed E-state index contributed by atoms with van der Waals surface area (Å²) in [5, 5.41) is 19.1. The van der Waals surface area contributed by atoms with Crippen LogP contribution in [0, 0.1) is 11.3 Å². The summed E-state index contributed by atoms with van der Waals surface area (Å²) in [4.78, 5) is 15.9. The maximum Gasteiger partial charge on any atom is 0.417 e. The molecule has 0 aromatic heterocycles. The molecule has 2 aromatic carbocycles. The minimum atomic E-state index is -4.67. The monoisotopic (exact) mass is 423 g/mol. The van der Waals surface area contributed by atoms with Gasteiger partial charge in [0.2, 0.25) is 0 Å². The number of rotatable bonds is 3. The van der Waals surface area contributed by atoms with Crippen LogP contribution in [0.2, 0.25) is 5.02 Å². The van der Waals surface area contributed by atoms with Crippen molar-refractivity contribution in [2.24, 2.45) is 0 Å². The normalized spacial score (nSPS) is 17.2. The lowest BCUT2D eigenvalue weighted by molar-refractivity contribution is -0.137. The highest BCUT2D eigenvalue weighted by atomic mass is 35.5. The maximum atomic E-state index is 13.3. The van der Waals surface area contributed by atoms with Gasteiger partial charge in [-0.2, -0.15) is 18.4 Å². The summed E-state index contributed by atoms with van der Waals surface area (Å²) in [5.41, 5.74) is -0.921. The number of benzene rings is 2. The van der Waals surface area contributed by atoms with Gasteiger partial charge < -0.3 is 14.9 Å². The minimum Gasteiger partial charge on any atom is -0.394 e. The van der Waals surface area contributed by atoms with Crippen LogP contribution < -0.4 is 4.90 Å². The predicted molar refractivity (Wildman–Crippen MR) is 102 cm³/mol. The molecule has 1 saturated heterocycles. The van der Waals surface area contributed by atoms with Crippen LogP contribution in [0.3, 0.4) is 0 Å². The topological polar surface area (TPSA) is 67.6 Å². The number of anilines is 1. The number of nitrogens with zero attached hydrogens (tertiary/aromatic N) is 3. The average molecular weight is 424 g/mol. The number of aliphatic hydroxyl groups is 1. The third-order valence-electron chi connectivity index (χ3n) is 4.85. The molecule has 1 heterocycles. The van der Waals surface area contributed by atoms with E-state index in [9.17, 15) is 23.1 Å². The van der Waals surface area contributed by atoms with Crippen molar-refractivity contribution < 1.29 is 23.1 Å². The SMILES string of the molecule is N#Cc1ccc(N2CCN(C(=O)c3ccccc3Cl)CC2CO)cc1C(F)(F)F. The Morgan fingerprint density at radius 1 is 1.24 bits per heavy atom. The van der Waals surface area contributed by atoms with Crippen molar-refractivity contribution in [1.29, 1.82) is 5.26 Å². The Balaban J connectivity index is 1.85. The third-order valence-corrected chi connectivity index (χ3v) is 5.18. The second-order valence-electron chi connectivity index (χ2n) is 6.60. The first kappa shape index (κ1) is 21.0. The molecule has 0 bridgehead atoms. The summed E-state index contributed by atoms with van der Waals surface area (Å²) in [7, 11) is 0. The number of halogens is 4. The number of alkyl halides is 3. The molecule has 5 nitrogen and oxygen atoms in total. The van der Waals surface area contributed by atoms with Crippen molar-refractivity contribution in [2.75, 3.05) is 31.1 Å².